The molecule has 0 bridgehead atoms. The lowest BCUT2D eigenvalue weighted by Crippen LogP contribution is -2.38. The van der Waals surface area contributed by atoms with Gasteiger partial charge in [0.25, 0.3) is 0 Å². The van der Waals surface area contributed by atoms with Crippen LogP contribution in [-0.2, 0) is 22.3 Å². The van der Waals surface area contributed by atoms with Crippen LogP contribution in [0.3, 0.4) is 0 Å². The second-order valence-corrected chi connectivity index (χ2v) is 5.24. The summed E-state index contributed by atoms with van der Waals surface area (Å²) in [6.07, 6.45) is -3.79. The molecule has 0 saturated heterocycles. The van der Waals surface area contributed by atoms with E-state index in [9.17, 15) is 22.8 Å². The second kappa shape index (κ2) is 5.60. The molecule has 0 spiro atoms. The van der Waals surface area contributed by atoms with Crippen LogP contribution in [0.15, 0.2) is 18.2 Å². The summed E-state index contributed by atoms with van der Waals surface area (Å²) >= 11 is 0. The molecule has 0 aromatic heterocycles. The van der Waals surface area contributed by atoms with Crippen LogP contribution in [0.4, 0.5) is 18.9 Å². The predicted molar refractivity (Wildman–Crippen MR) is 73.7 cm³/mol. The monoisotopic (exact) mass is 315 g/mol. The minimum Gasteiger partial charge on any atom is -0.358 e. The van der Waals surface area contributed by atoms with Crippen molar-refractivity contribution in [1.82, 2.24) is 5.32 Å². The fourth-order valence-corrected chi connectivity index (χ4v) is 2.22. The summed E-state index contributed by atoms with van der Waals surface area (Å²) in [6, 6.07) is 3.13. The van der Waals surface area contributed by atoms with E-state index >= 15 is 0 Å². The van der Waals surface area contributed by atoms with E-state index in [-0.39, 0.29) is 17.8 Å². The molecule has 4 N–H and O–H groups in total. The van der Waals surface area contributed by atoms with Crippen LogP contribution in [0.2, 0.25) is 0 Å². The lowest BCUT2D eigenvalue weighted by molar-refractivity contribution is -0.138. The Hall–Kier alpha value is -2.09. The van der Waals surface area contributed by atoms with Gasteiger partial charge >= 0.3 is 6.18 Å². The van der Waals surface area contributed by atoms with Gasteiger partial charge < -0.3 is 16.4 Å². The van der Waals surface area contributed by atoms with E-state index in [2.05, 4.69) is 10.6 Å². The highest BCUT2D eigenvalue weighted by Gasteiger charge is 2.56. The van der Waals surface area contributed by atoms with E-state index in [4.69, 9.17) is 5.73 Å². The molecular weight excluding hydrogens is 299 g/mol. The van der Waals surface area contributed by atoms with Gasteiger partial charge in [0.1, 0.15) is 5.41 Å². The summed E-state index contributed by atoms with van der Waals surface area (Å²) in [6.45, 7) is -0.0899. The Kier molecular flexibility index (Phi) is 4.15. The molecule has 8 heteroatoms. The van der Waals surface area contributed by atoms with Gasteiger partial charge in [-0.2, -0.15) is 13.2 Å². The number of benzene rings is 1. The molecule has 1 fully saturated rings. The minimum absolute atomic E-state index is 0.0181. The van der Waals surface area contributed by atoms with Crippen molar-refractivity contribution in [3.8, 4) is 0 Å². The van der Waals surface area contributed by atoms with Crippen LogP contribution in [0.5, 0.6) is 0 Å². The topological polar surface area (TPSA) is 84.2 Å². The van der Waals surface area contributed by atoms with Gasteiger partial charge in [-0.25, -0.2) is 0 Å². The molecule has 0 heterocycles. The molecule has 2 amide bonds. The molecular formula is C14H16F3N3O2. The van der Waals surface area contributed by atoms with Crippen LogP contribution in [0, 0.1) is 5.41 Å². The van der Waals surface area contributed by atoms with Crippen molar-refractivity contribution in [3.05, 3.63) is 29.3 Å². The van der Waals surface area contributed by atoms with E-state index in [0.717, 1.165) is 12.1 Å². The third-order valence-corrected chi connectivity index (χ3v) is 3.66. The number of anilines is 1. The number of hydrogen-bond acceptors (Lipinski definition) is 3. The number of halogens is 3. The number of rotatable bonds is 4. The maximum atomic E-state index is 12.8. The van der Waals surface area contributed by atoms with Gasteiger partial charge in [-0.15, -0.1) is 0 Å². The van der Waals surface area contributed by atoms with Crippen molar-refractivity contribution >= 4 is 17.5 Å². The quantitative estimate of drug-likeness (QED) is 0.738. The van der Waals surface area contributed by atoms with E-state index in [1.807, 2.05) is 0 Å². The number of hydrogen-bond donors (Lipinski definition) is 3. The standard InChI is InChI=1S/C14H16F3N3O2/c1-19-11(21)13(2-3-13)12(22)20-10-5-8(7-18)4-9(6-10)14(15,16)17/h4-6H,2-3,7,18H2,1H3,(H,19,21)(H,20,22). The zero-order valence-corrected chi connectivity index (χ0v) is 11.9. The van der Waals surface area contributed by atoms with Crippen LogP contribution in [0.1, 0.15) is 24.0 Å². The summed E-state index contributed by atoms with van der Waals surface area (Å²) in [5, 5.41) is 4.78. The van der Waals surface area contributed by atoms with Crippen molar-refractivity contribution in [2.75, 3.05) is 12.4 Å². The summed E-state index contributed by atoms with van der Waals surface area (Å²) < 4.78 is 38.5. The van der Waals surface area contributed by atoms with Crippen molar-refractivity contribution in [3.63, 3.8) is 0 Å². The van der Waals surface area contributed by atoms with Gasteiger partial charge in [-0.3, -0.25) is 9.59 Å². The van der Waals surface area contributed by atoms with Gasteiger partial charge in [0, 0.05) is 19.3 Å². The highest BCUT2D eigenvalue weighted by Crippen LogP contribution is 2.47. The average Bonchev–Trinajstić information content (AvgIpc) is 3.26. The first-order valence-electron chi connectivity index (χ1n) is 6.68. The number of carbonyl (C=O) groups excluding carboxylic acids is 2. The Morgan fingerprint density at radius 1 is 1.23 bits per heavy atom. The normalized spacial score (nSPS) is 16.0. The molecule has 120 valence electrons. The Labute approximate surface area is 125 Å². The lowest BCUT2D eigenvalue weighted by Gasteiger charge is -2.16. The zero-order chi connectivity index (χ0) is 16.5. The largest absolute Gasteiger partial charge is 0.416 e. The summed E-state index contributed by atoms with van der Waals surface area (Å²) in [7, 11) is 1.41. The average molecular weight is 315 g/mol. The first-order chi connectivity index (χ1) is 10.2. The van der Waals surface area contributed by atoms with E-state index < -0.39 is 29.0 Å². The van der Waals surface area contributed by atoms with Crippen molar-refractivity contribution in [2.45, 2.75) is 25.6 Å². The van der Waals surface area contributed by atoms with Crippen molar-refractivity contribution in [1.29, 1.82) is 0 Å². The molecule has 1 aromatic carbocycles. The van der Waals surface area contributed by atoms with Gasteiger partial charge in [-0.05, 0) is 36.6 Å². The molecule has 0 aliphatic heterocycles. The molecule has 0 unspecified atom stereocenters. The van der Waals surface area contributed by atoms with Gasteiger partial charge in [0.05, 0.1) is 5.56 Å². The second-order valence-electron chi connectivity index (χ2n) is 5.24. The first-order valence-corrected chi connectivity index (χ1v) is 6.68. The predicted octanol–water partition coefficient (Wildman–Crippen LogP) is 1.63. The molecule has 2 rings (SSSR count). The third kappa shape index (κ3) is 3.06. The smallest absolute Gasteiger partial charge is 0.358 e. The van der Waals surface area contributed by atoms with Crippen LogP contribution < -0.4 is 16.4 Å². The Balaban J connectivity index is 2.26. The number of amides is 2. The molecule has 22 heavy (non-hydrogen) atoms. The molecule has 5 nitrogen and oxygen atoms in total. The molecule has 1 aliphatic carbocycles. The lowest BCUT2D eigenvalue weighted by atomic mass is 10.0. The maximum absolute atomic E-state index is 12.8. The number of carbonyl (C=O) groups is 2. The summed E-state index contributed by atoms with van der Waals surface area (Å²) in [5.41, 5.74) is 3.54. The van der Waals surface area contributed by atoms with Crippen molar-refractivity contribution in [2.24, 2.45) is 11.1 Å². The van der Waals surface area contributed by atoms with Gasteiger partial charge in [0.2, 0.25) is 11.8 Å². The summed E-state index contributed by atoms with van der Waals surface area (Å²) in [4.78, 5) is 23.9. The van der Waals surface area contributed by atoms with E-state index in [1.165, 1.54) is 13.1 Å². The van der Waals surface area contributed by atoms with E-state index in [0.29, 0.717) is 12.8 Å². The minimum atomic E-state index is -4.54. The van der Waals surface area contributed by atoms with Crippen LogP contribution in [-0.4, -0.2) is 18.9 Å². The van der Waals surface area contributed by atoms with E-state index in [1.54, 1.807) is 0 Å². The molecule has 0 atom stereocenters. The first kappa shape index (κ1) is 16.3. The summed E-state index contributed by atoms with van der Waals surface area (Å²) in [5.74, 6) is -1.04. The van der Waals surface area contributed by atoms with Crippen LogP contribution in [0.25, 0.3) is 0 Å². The van der Waals surface area contributed by atoms with Crippen LogP contribution >= 0.6 is 0 Å². The Morgan fingerprint density at radius 3 is 2.32 bits per heavy atom. The molecule has 0 radical (unpaired) electrons. The Morgan fingerprint density at radius 2 is 1.86 bits per heavy atom. The number of nitrogens with one attached hydrogen (secondary N) is 2. The SMILES string of the molecule is CNC(=O)C1(C(=O)Nc2cc(CN)cc(C(F)(F)F)c2)CC1. The zero-order valence-electron chi connectivity index (χ0n) is 11.9. The highest BCUT2D eigenvalue weighted by molar-refractivity contribution is 6.13. The van der Waals surface area contributed by atoms with Crippen molar-refractivity contribution < 1.29 is 22.8 Å². The molecule has 1 aliphatic rings. The number of alkyl halides is 3. The fourth-order valence-electron chi connectivity index (χ4n) is 2.22. The number of nitrogens with two attached hydrogens (primary N) is 1. The third-order valence-electron chi connectivity index (χ3n) is 3.66. The Bertz CT molecular complexity index is 610. The molecule has 1 aromatic rings. The van der Waals surface area contributed by atoms with Gasteiger partial charge in [0.15, 0.2) is 0 Å². The maximum Gasteiger partial charge on any atom is 0.416 e. The highest BCUT2D eigenvalue weighted by atomic mass is 19.4. The molecule has 1 saturated carbocycles. The fraction of sp³-hybridized carbons (Fsp3) is 0.429. The van der Waals surface area contributed by atoms with Gasteiger partial charge in [-0.1, -0.05) is 0 Å².